The van der Waals surface area contributed by atoms with Crippen molar-refractivity contribution in [3.05, 3.63) is 67.1 Å². The number of para-hydroxylation sites is 1. The van der Waals surface area contributed by atoms with E-state index in [0.29, 0.717) is 13.1 Å². The topological polar surface area (TPSA) is 60.3 Å². The van der Waals surface area contributed by atoms with Crippen molar-refractivity contribution in [2.75, 3.05) is 11.4 Å². The third-order valence-corrected chi connectivity index (χ3v) is 3.99. The lowest BCUT2D eigenvalue weighted by Gasteiger charge is -2.13. The summed E-state index contributed by atoms with van der Waals surface area (Å²) in [4.78, 5) is 17.9. The zero-order valence-corrected chi connectivity index (χ0v) is 12.9. The molecule has 4 rings (SSSR count). The van der Waals surface area contributed by atoms with Gasteiger partial charge in [-0.25, -0.2) is 4.79 Å². The van der Waals surface area contributed by atoms with E-state index in [9.17, 15) is 4.79 Å². The zero-order valence-electron chi connectivity index (χ0n) is 12.9. The SMILES string of the molecule is O=C1O[C@H](Cn2nccc2-c2cccnc2)CN1c1ccccc1. The summed E-state index contributed by atoms with van der Waals surface area (Å²) in [6, 6.07) is 15.3. The average Bonchev–Trinajstić information content (AvgIpc) is 3.23. The van der Waals surface area contributed by atoms with E-state index in [0.717, 1.165) is 16.9 Å². The molecule has 2 aromatic heterocycles. The molecular formula is C18H16N4O2. The van der Waals surface area contributed by atoms with Crippen molar-refractivity contribution in [1.82, 2.24) is 14.8 Å². The van der Waals surface area contributed by atoms with E-state index in [1.807, 2.05) is 53.2 Å². The lowest BCUT2D eigenvalue weighted by atomic mass is 10.2. The highest BCUT2D eigenvalue weighted by Gasteiger charge is 2.32. The quantitative estimate of drug-likeness (QED) is 0.741. The molecule has 1 amide bonds. The molecule has 0 N–H and O–H groups in total. The first-order valence-corrected chi connectivity index (χ1v) is 7.77. The van der Waals surface area contributed by atoms with Crippen LogP contribution in [0.5, 0.6) is 0 Å². The molecule has 0 unspecified atom stereocenters. The van der Waals surface area contributed by atoms with Crippen LogP contribution in [0.3, 0.4) is 0 Å². The van der Waals surface area contributed by atoms with Crippen LogP contribution in [-0.4, -0.2) is 33.5 Å². The number of benzene rings is 1. The molecule has 1 aliphatic rings. The number of amides is 1. The van der Waals surface area contributed by atoms with Crippen LogP contribution in [0.1, 0.15) is 0 Å². The summed E-state index contributed by atoms with van der Waals surface area (Å²) in [6.45, 7) is 1.02. The maximum absolute atomic E-state index is 12.1. The van der Waals surface area contributed by atoms with Gasteiger partial charge in [-0.3, -0.25) is 14.6 Å². The first-order chi connectivity index (χ1) is 11.8. The van der Waals surface area contributed by atoms with Gasteiger partial charge in [-0.2, -0.15) is 5.10 Å². The Bertz CT molecular complexity index is 832. The van der Waals surface area contributed by atoms with Crippen molar-refractivity contribution in [1.29, 1.82) is 0 Å². The highest BCUT2D eigenvalue weighted by molar-refractivity contribution is 5.89. The summed E-state index contributed by atoms with van der Waals surface area (Å²) in [5.74, 6) is 0. The number of rotatable bonds is 4. The zero-order chi connectivity index (χ0) is 16.4. The minimum atomic E-state index is -0.318. The normalized spacial score (nSPS) is 17.1. The second-order valence-corrected chi connectivity index (χ2v) is 5.59. The molecule has 1 aliphatic heterocycles. The number of carbonyl (C=O) groups excluding carboxylic acids is 1. The number of hydrogen-bond acceptors (Lipinski definition) is 4. The van der Waals surface area contributed by atoms with E-state index >= 15 is 0 Å². The van der Waals surface area contributed by atoms with Crippen LogP contribution in [0.2, 0.25) is 0 Å². The van der Waals surface area contributed by atoms with Gasteiger partial charge in [0.2, 0.25) is 0 Å². The van der Waals surface area contributed by atoms with Crippen molar-refractivity contribution in [2.24, 2.45) is 0 Å². The van der Waals surface area contributed by atoms with Crippen LogP contribution >= 0.6 is 0 Å². The molecule has 0 radical (unpaired) electrons. The molecule has 1 saturated heterocycles. The largest absolute Gasteiger partial charge is 0.442 e. The smallest absolute Gasteiger partial charge is 0.414 e. The summed E-state index contributed by atoms with van der Waals surface area (Å²) in [5, 5.41) is 4.36. The molecule has 6 heteroatoms. The van der Waals surface area contributed by atoms with Gasteiger partial charge >= 0.3 is 6.09 Å². The number of ether oxygens (including phenoxy) is 1. The number of carbonyl (C=O) groups is 1. The maximum Gasteiger partial charge on any atom is 0.414 e. The second-order valence-electron chi connectivity index (χ2n) is 5.59. The monoisotopic (exact) mass is 320 g/mol. The van der Waals surface area contributed by atoms with Gasteiger partial charge in [0.25, 0.3) is 0 Å². The lowest BCUT2D eigenvalue weighted by molar-refractivity contribution is 0.130. The van der Waals surface area contributed by atoms with Gasteiger partial charge in [0.1, 0.15) is 6.10 Å². The number of pyridine rings is 1. The molecule has 6 nitrogen and oxygen atoms in total. The molecule has 1 aromatic carbocycles. The van der Waals surface area contributed by atoms with Crippen molar-refractivity contribution in [3.63, 3.8) is 0 Å². The first-order valence-electron chi connectivity index (χ1n) is 7.77. The molecule has 0 aliphatic carbocycles. The van der Waals surface area contributed by atoms with E-state index < -0.39 is 0 Å². The van der Waals surface area contributed by atoms with Gasteiger partial charge in [0, 0.05) is 29.8 Å². The van der Waals surface area contributed by atoms with Gasteiger partial charge in [0.05, 0.1) is 18.8 Å². The maximum atomic E-state index is 12.1. The summed E-state index contributed by atoms with van der Waals surface area (Å²) in [6.07, 6.45) is 4.72. The predicted octanol–water partition coefficient (Wildman–Crippen LogP) is 2.97. The molecule has 0 bridgehead atoms. The molecule has 24 heavy (non-hydrogen) atoms. The standard InChI is InChI=1S/C18H16N4O2/c23-18-21(15-6-2-1-3-7-15)12-16(24-18)13-22-17(8-10-20-22)14-5-4-9-19-11-14/h1-11,16H,12-13H2/t16-/m0/s1. The van der Waals surface area contributed by atoms with Crippen molar-refractivity contribution < 1.29 is 9.53 Å². The van der Waals surface area contributed by atoms with Crippen LogP contribution in [0, 0.1) is 0 Å². The van der Waals surface area contributed by atoms with Gasteiger partial charge in [-0.15, -0.1) is 0 Å². The Labute approximate surface area is 139 Å². The minimum absolute atomic E-state index is 0.243. The van der Waals surface area contributed by atoms with Crippen molar-refractivity contribution in [2.45, 2.75) is 12.6 Å². The van der Waals surface area contributed by atoms with E-state index in [2.05, 4.69) is 10.1 Å². The Morgan fingerprint density at radius 3 is 2.75 bits per heavy atom. The number of hydrogen-bond donors (Lipinski definition) is 0. The van der Waals surface area contributed by atoms with Gasteiger partial charge in [-0.05, 0) is 30.3 Å². The Hall–Kier alpha value is -3.15. The number of cyclic esters (lactones) is 1. The second kappa shape index (κ2) is 6.16. The summed E-state index contributed by atoms with van der Waals surface area (Å²) >= 11 is 0. The molecular weight excluding hydrogens is 304 g/mol. The fourth-order valence-corrected chi connectivity index (χ4v) is 2.87. The van der Waals surface area contributed by atoms with E-state index in [1.54, 1.807) is 23.5 Å². The Balaban J connectivity index is 1.52. The fraction of sp³-hybridized carbons (Fsp3) is 0.167. The van der Waals surface area contributed by atoms with Gasteiger partial charge in [0.15, 0.2) is 0 Å². The summed E-state index contributed by atoms with van der Waals surface area (Å²) in [5.41, 5.74) is 2.79. The Morgan fingerprint density at radius 2 is 1.96 bits per heavy atom. The molecule has 0 saturated carbocycles. The van der Waals surface area contributed by atoms with E-state index in [1.165, 1.54) is 0 Å². The summed E-state index contributed by atoms with van der Waals surface area (Å²) in [7, 11) is 0. The van der Waals surface area contributed by atoms with Crippen LogP contribution in [0.4, 0.5) is 10.5 Å². The number of nitrogens with zero attached hydrogens (tertiary/aromatic N) is 4. The number of aromatic nitrogens is 3. The first kappa shape index (κ1) is 14.4. The third kappa shape index (κ3) is 2.74. The average molecular weight is 320 g/mol. The lowest BCUT2D eigenvalue weighted by Crippen LogP contribution is -2.26. The van der Waals surface area contributed by atoms with E-state index in [4.69, 9.17) is 4.74 Å². The Morgan fingerprint density at radius 1 is 1.08 bits per heavy atom. The van der Waals surface area contributed by atoms with Crippen molar-refractivity contribution >= 4 is 11.8 Å². The van der Waals surface area contributed by atoms with Gasteiger partial charge < -0.3 is 4.74 Å². The molecule has 3 heterocycles. The van der Waals surface area contributed by atoms with Crippen LogP contribution in [-0.2, 0) is 11.3 Å². The van der Waals surface area contributed by atoms with Crippen LogP contribution in [0.25, 0.3) is 11.3 Å². The molecule has 120 valence electrons. The highest BCUT2D eigenvalue weighted by atomic mass is 16.6. The van der Waals surface area contributed by atoms with Crippen molar-refractivity contribution in [3.8, 4) is 11.3 Å². The molecule has 1 fully saturated rings. The molecule has 3 aromatic rings. The van der Waals surface area contributed by atoms with Gasteiger partial charge in [-0.1, -0.05) is 18.2 Å². The third-order valence-electron chi connectivity index (χ3n) is 3.99. The Kier molecular flexibility index (Phi) is 3.70. The summed E-state index contributed by atoms with van der Waals surface area (Å²) < 4.78 is 7.35. The fourth-order valence-electron chi connectivity index (χ4n) is 2.87. The highest BCUT2D eigenvalue weighted by Crippen LogP contribution is 2.23. The van der Waals surface area contributed by atoms with Crippen LogP contribution < -0.4 is 4.90 Å². The molecule has 1 atom stereocenters. The number of anilines is 1. The van der Waals surface area contributed by atoms with Crippen LogP contribution in [0.15, 0.2) is 67.1 Å². The predicted molar refractivity (Wildman–Crippen MR) is 89.5 cm³/mol. The van der Waals surface area contributed by atoms with E-state index in [-0.39, 0.29) is 12.2 Å². The minimum Gasteiger partial charge on any atom is -0.442 e. The molecule has 0 spiro atoms.